The summed E-state index contributed by atoms with van der Waals surface area (Å²) in [7, 11) is -4.49. The lowest BCUT2D eigenvalue weighted by Gasteiger charge is -2.32. The van der Waals surface area contributed by atoms with Gasteiger partial charge in [-0.2, -0.15) is 21.6 Å². The number of benzene rings is 2. The Morgan fingerprint density at radius 2 is 1.71 bits per heavy atom. The SMILES string of the molecule is CCCCC(CC)C(=O)N(Cc1cccc(OS(=O)(=O)c2cccc(C(F)(F)F)c2)c1)C(C)CC. The Morgan fingerprint density at radius 3 is 2.31 bits per heavy atom. The van der Waals surface area contributed by atoms with E-state index in [1.54, 1.807) is 12.1 Å². The summed E-state index contributed by atoms with van der Waals surface area (Å²) in [5.41, 5.74) is -0.409. The first-order valence-electron chi connectivity index (χ1n) is 11.9. The van der Waals surface area contributed by atoms with Gasteiger partial charge in [-0.3, -0.25) is 4.79 Å². The van der Waals surface area contributed by atoms with Gasteiger partial charge in [0, 0.05) is 18.5 Å². The molecule has 2 aromatic rings. The zero-order valence-electron chi connectivity index (χ0n) is 20.6. The van der Waals surface area contributed by atoms with Gasteiger partial charge < -0.3 is 9.08 Å². The molecule has 0 bridgehead atoms. The van der Waals surface area contributed by atoms with E-state index in [1.807, 2.05) is 25.7 Å². The number of amides is 1. The summed E-state index contributed by atoms with van der Waals surface area (Å²) in [6, 6.07) is 9.68. The molecule has 9 heteroatoms. The van der Waals surface area contributed by atoms with Crippen molar-refractivity contribution in [3.8, 4) is 5.75 Å². The molecule has 0 saturated carbocycles. The Bertz CT molecular complexity index is 1090. The second-order valence-electron chi connectivity index (χ2n) is 8.68. The van der Waals surface area contributed by atoms with Crippen LogP contribution < -0.4 is 4.18 Å². The first-order valence-corrected chi connectivity index (χ1v) is 13.3. The number of carbonyl (C=O) groups is 1. The molecule has 0 radical (unpaired) electrons. The van der Waals surface area contributed by atoms with Crippen molar-refractivity contribution in [2.75, 3.05) is 0 Å². The minimum absolute atomic E-state index is 0.0170. The molecule has 194 valence electrons. The van der Waals surface area contributed by atoms with E-state index in [1.165, 1.54) is 12.1 Å². The van der Waals surface area contributed by atoms with E-state index >= 15 is 0 Å². The van der Waals surface area contributed by atoms with Crippen LogP contribution in [0.4, 0.5) is 13.2 Å². The number of unbranched alkanes of at least 4 members (excludes halogenated alkanes) is 1. The van der Waals surface area contributed by atoms with E-state index in [4.69, 9.17) is 4.18 Å². The van der Waals surface area contributed by atoms with Gasteiger partial charge in [0.15, 0.2) is 0 Å². The first kappa shape index (κ1) is 28.7. The summed E-state index contributed by atoms with van der Waals surface area (Å²) >= 11 is 0. The average molecular weight is 514 g/mol. The Morgan fingerprint density at radius 1 is 1.03 bits per heavy atom. The largest absolute Gasteiger partial charge is 0.416 e. The molecule has 0 fully saturated rings. The third-order valence-electron chi connectivity index (χ3n) is 6.06. The van der Waals surface area contributed by atoms with Crippen LogP contribution in [0.15, 0.2) is 53.4 Å². The lowest BCUT2D eigenvalue weighted by atomic mass is 9.96. The monoisotopic (exact) mass is 513 g/mol. The minimum atomic E-state index is -4.68. The van der Waals surface area contributed by atoms with Gasteiger partial charge in [0.05, 0.1) is 5.56 Å². The van der Waals surface area contributed by atoms with E-state index in [2.05, 4.69) is 6.92 Å². The predicted molar refractivity (Wildman–Crippen MR) is 129 cm³/mol. The molecule has 2 rings (SSSR count). The smallest absolute Gasteiger partial charge is 0.379 e. The zero-order chi connectivity index (χ0) is 26.2. The van der Waals surface area contributed by atoms with E-state index in [-0.39, 0.29) is 30.2 Å². The van der Waals surface area contributed by atoms with Crippen LogP contribution in [0.3, 0.4) is 0 Å². The third kappa shape index (κ3) is 7.98. The molecule has 2 unspecified atom stereocenters. The fourth-order valence-electron chi connectivity index (χ4n) is 3.75. The summed E-state index contributed by atoms with van der Waals surface area (Å²) in [6.45, 7) is 8.34. The van der Waals surface area contributed by atoms with Crippen LogP contribution in [-0.2, 0) is 27.6 Å². The van der Waals surface area contributed by atoms with Gasteiger partial charge in [-0.15, -0.1) is 0 Å². The number of alkyl halides is 3. The van der Waals surface area contributed by atoms with Crippen LogP contribution >= 0.6 is 0 Å². The molecule has 35 heavy (non-hydrogen) atoms. The fourth-order valence-corrected chi connectivity index (χ4v) is 4.72. The molecule has 2 aromatic carbocycles. The lowest BCUT2D eigenvalue weighted by molar-refractivity contribution is -0.139. The number of hydrogen-bond donors (Lipinski definition) is 0. The topological polar surface area (TPSA) is 63.7 Å². The molecule has 5 nitrogen and oxygen atoms in total. The van der Waals surface area contributed by atoms with Crippen LogP contribution in [0.1, 0.15) is 70.9 Å². The van der Waals surface area contributed by atoms with E-state index in [0.29, 0.717) is 11.6 Å². The highest BCUT2D eigenvalue weighted by molar-refractivity contribution is 7.87. The normalized spacial score (nSPS) is 13.8. The first-order chi connectivity index (χ1) is 16.4. The van der Waals surface area contributed by atoms with Crippen LogP contribution in [0.2, 0.25) is 0 Å². The molecule has 0 spiro atoms. The van der Waals surface area contributed by atoms with Crippen molar-refractivity contribution in [3.05, 3.63) is 59.7 Å². The molecular formula is C26H34F3NO4S. The van der Waals surface area contributed by atoms with Crippen molar-refractivity contribution in [3.63, 3.8) is 0 Å². The van der Waals surface area contributed by atoms with Gasteiger partial charge in [0.1, 0.15) is 10.6 Å². The summed E-state index contributed by atoms with van der Waals surface area (Å²) in [5.74, 6) is -0.0441. The molecule has 2 atom stereocenters. The van der Waals surface area contributed by atoms with Crippen LogP contribution in [0.5, 0.6) is 5.75 Å². The molecule has 0 N–H and O–H groups in total. The van der Waals surface area contributed by atoms with Crippen molar-refractivity contribution in [1.82, 2.24) is 4.90 Å². The Balaban J connectivity index is 2.27. The number of halogens is 3. The number of hydrogen-bond acceptors (Lipinski definition) is 4. The Labute approximate surface area is 206 Å². The van der Waals surface area contributed by atoms with Gasteiger partial charge in [-0.05, 0) is 62.1 Å². The highest BCUT2D eigenvalue weighted by Crippen LogP contribution is 2.31. The average Bonchev–Trinajstić information content (AvgIpc) is 2.82. The molecular weight excluding hydrogens is 479 g/mol. The quantitative estimate of drug-likeness (QED) is 0.292. The van der Waals surface area contributed by atoms with Crippen molar-refractivity contribution >= 4 is 16.0 Å². The standard InChI is InChI=1S/C26H34F3NO4S/c1-5-8-12-21(7-3)25(31)30(19(4)6-2)18-20-11-9-14-23(16-20)34-35(32,33)24-15-10-13-22(17-24)26(27,28)29/h9-11,13-17,19,21H,5-8,12,18H2,1-4H3. The summed E-state index contributed by atoms with van der Waals surface area (Å²) in [6.07, 6.45) is -0.384. The molecule has 0 aliphatic carbocycles. The summed E-state index contributed by atoms with van der Waals surface area (Å²) in [4.78, 5) is 14.5. The van der Waals surface area contributed by atoms with Crippen molar-refractivity contribution in [2.45, 2.75) is 83.5 Å². The van der Waals surface area contributed by atoms with Gasteiger partial charge in [-0.25, -0.2) is 0 Å². The van der Waals surface area contributed by atoms with Gasteiger partial charge in [-0.1, -0.05) is 51.8 Å². The summed E-state index contributed by atoms with van der Waals surface area (Å²) in [5, 5.41) is 0. The zero-order valence-corrected chi connectivity index (χ0v) is 21.5. The molecule has 0 aromatic heterocycles. The Kier molecular flexibility index (Phi) is 10.2. The van der Waals surface area contributed by atoms with Gasteiger partial charge in [0.2, 0.25) is 5.91 Å². The van der Waals surface area contributed by atoms with Crippen LogP contribution in [0.25, 0.3) is 0 Å². The van der Waals surface area contributed by atoms with E-state index in [9.17, 15) is 26.4 Å². The molecule has 0 heterocycles. The second-order valence-corrected chi connectivity index (χ2v) is 10.2. The molecule has 0 saturated heterocycles. The maximum atomic E-state index is 13.3. The number of nitrogens with zero attached hydrogens (tertiary/aromatic N) is 1. The number of rotatable bonds is 12. The lowest BCUT2D eigenvalue weighted by Crippen LogP contribution is -2.41. The van der Waals surface area contributed by atoms with Gasteiger partial charge in [0.25, 0.3) is 0 Å². The predicted octanol–water partition coefficient (Wildman–Crippen LogP) is 6.82. The van der Waals surface area contributed by atoms with E-state index in [0.717, 1.165) is 50.3 Å². The highest BCUT2D eigenvalue weighted by Gasteiger charge is 2.32. The summed E-state index contributed by atoms with van der Waals surface area (Å²) < 4.78 is 69.5. The molecule has 0 aliphatic heterocycles. The fraction of sp³-hybridized carbons (Fsp3) is 0.500. The highest BCUT2D eigenvalue weighted by atomic mass is 32.2. The molecule has 1 amide bonds. The van der Waals surface area contributed by atoms with Crippen molar-refractivity contribution < 1.29 is 30.6 Å². The maximum absolute atomic E-state index is 13.3. The van der Waals surface area contributed by atoms with E-state index < -0.39 is 26.8 Å². The second kappa shape index (κ2) is 12.4. The van der Waals surface area contributed by atoms with Crippen molar-refractivity contribution in [2.24, 2.45) is 5.92 Å². The van der Waals surface area contributed by atoms with Crippen LogP contribution in [-0.4, -0.2) is 25.3 Å². The molecule has 0 aliphatic rings. The Hall–Kier alpha value is -2.55. The third-order valence-corrected chi connectivity index (χ3v) is 7.30. The maximum Gasteiger partial charge on any atom is 0.416 e. The van der Waals surface area contributed by atoms with Crippen molar-refractivity contribution in [1.29, 1.82) is 0 Å². The minimum Gasteiger partial charge on any atom is -0.379 e. The van der Waals surface area contributed by atoms with Crippen LogP contribution in [0, 0.1) is 5.92 Å². The number of carbonyl (C=O) groups excluding carboxylic acids is 1. The van der Waals surface area contributed by atoms with Gasteiger partial charge >= 0.3 is 16.3 Å².